The second-order valence-electron chi connectivity index (χ2n) is 9.58. The first-order valence-corrected chi connectivity index (χ1v) is 14.9. The van der Waals surface area contributed by atoms with E-state index in [2.05, 4.69) is 16.0 Å². The quantitative estimate of drug-likeness (QED) is 0.104. The summed E-state index contributed by atoms with van der Waals surface area (Å²) in [6.45, 7) is 3.49. The van der Waals surface area contributed by atoms with Crippen LogP contribution in [0.15, 0.2) is 102 Å². The molecule has 4 rings (SSSR count). The molecule has 1 unspecified atom stereocenters. The molecule has 0 saturated heterocycles. The van der Waals surface area contributed by atoms with Crippen LogP contribution in [0.2, 0.25) is 10.0 Å². The highest BCUT2D eigenvalue weighted by Gasteiger charge is 2.19. The van der Waals surface area contributed by atoms with Gasteiger partial charge in [0, 0.05) is 37.4 Å². The monoisotopic (exact) mass is 647 g/mol. The highest BCUT2D eigenvalue weighted by Crippen LogP contribution is 2.29. The van der Waals surface area contributed by atoms with Crippen molar-refractivity contribution in [3.63, 3.8) is 0 Å². The molecule has 0 aliphatic rings. The lowest BCUT2D eigenvalue weighted by Gasteiger charge is -2.15. The van der Waals surface area contributed by atoms with Crippen LogP contribution in [0.4, 0.5) is 11.4 Å². The second-order valence-corrected chi connectivity index (χ2v) is 11.8. The first-order valence-electron chi connectivity index (χ1n) is 13.3. The van der Waals surface area contributed by atoms with Crippen molar-refractivity contribution in [1.82, 2.24) is 5.32 Å². The minimum absolute atomic E-state index is 0.0693. The Hall–Kier alpha value is -4.57. The van der Waals surface area contributed by atoms with Gasteiger partial charge in [-0.15, -0.1) is 11.8 Å². The molecular formula is C33H27Cl2N3O5S. The molecule has 224 valence electrons. The maximum Gasteiger partial charge on any atom is 0.335 e. The third-order valence-electron chi connectivity index (χ3n) is 6.33. The summed E-state index contributed by atoms with van der Waals surface area (Å²) in [4.78, 5) is 51.4. The molecule has 4 aromatic carbocycles. The van der Waals surface area contributed by atoms with E-state index in [1.165, 1.54) is 30.0 Å². The Balaban J connectivity index is 1.51. The molecule has 0 bridgehead atoms. The maximum absolute atomic E-state index is 13.5. The molecule has 0 saturated carbocycles. The van der Waals surface area contributed by atoms with Crippen molar-refractivity contribution in [2.75, 3.05) is 10.6 Å². The number of carboxylic acids is 1. The first-order chi connectivity index (χ1) is 21.0. The zero-order chi connectivity index (χ0) is 31.8. The molecule has 1 atom stereocenters. The predicted molar refractivity (Wildman–Crippen MR) is 176 cm³/mol. The van der Waals surface area contributed by atoms with Crippen molar-refractivity contribution in [3.8, 4) is 0 Å². The number of carboxylic acid groups (broad SMARTS) is 1. The Labute approximate surface area is 268 Å². The van der Waals surface area contributed by atoms with E-state index in [0.29, 0.717) is 37.4 Å². The van der Waals surface area contributed by atoms with Crippen LogP contribution < -0.4 is 16.0 Å². The van der Waals surface area contributed by atoms with Gasteiger partial charge in [-0.2, -0.15) is 0 Å². The van der Waals surface area contributed by atoms with Gasteiger partial charge in [0.05, 0.1) is 10.8 Å². The van der Waals surface area contributed by atoms with Crippen LogP contribution in [0.3, 0.4) is 0 Å². The van der Waals surface area contributed by atoms with E-state index in [1.807, 2.05) is 0 Å². The van der Waals surface area contributed by atoms with Crippen LogP contribution >= 0.6 is 35.0 Å². The van der Waals surface area contributed by atoms with Gasteiger partial charge < -0.3 is 21.1 Å². The summed E-state index contributed by atoms with van der Waals surface area (Å²) < 4.78 is 0. The van der Waals surface area contributed by atoms with Gasteiger partial charge in [-0.05, 0) is 80.1 Å². The number of carbonyl (C=O) groups is 4. The Bertz CT molecular complexity index is 1740. The molecule has 11 heteroatoms. The summed E-state index contributed by atoms with van der Waals surface area (Å²) >= 11 is 13.9. The number of carbonyl (C=O) groups excluding carboxylic acids is 3. The van der Waals surface area contributed by atoms with Gasteiger partial charge >= 0.3 is 5.97 Å². The minimum atomic E-state index is -1.09. The van der Waals surface area contributed by atoms with Gasteiger partial charge in [0.25, 0.3) is 11.8 Å². The molecule has 0 spiro atoms. The molecule has 0 radical (unpaired) electrons. The summed E-state index contributed by atoms with van der Waals surface area (Å²) in [5.41, 5.74) is 2.26. The Morgan fingerprint density at radius 1 is 0.818 bits per heavy atom. The number of aryl methyl sites for hydroxylation is 1. The third-order valence-corrected chi connectivity index (χ3v) is 8.09. The van der Waals surface area contributed by atoms with Gasteiger partial charge in [0.15, 0.2) is 0 Å². The standard InChI is InChI=1S/C33H27Cl2N3O5S/c1-19-14-15-22(33(42)43)16-28(19)37-30(39)20(2)44-24-11-6-10-23(17-24)36-32(41)29(18-25-26(34)12-7-13-27(25)35)38-31(40)21-8-4-3-5-9-21/h3-18,20H,1-2H3,(H,36,41)(H,37,39)(H,38,40)(H,42,43)/b29-18+. The van der Waals surface area contributed by atoms with E-state index in [0.717, 1.165) is 5.56 Å². The van der Waals surface area contributed by atoms with Gasteiger partial charge in [-0.25, -0.2) is 4.79 Å². The SMILES string of the molecule is Cc1ccc(C(=O)O)cc1NC(=O)C(C)Sc1cccc(NC(=O)/C(=C\c2c(Cl)cccc2Cl)NC(=O)c2ccccc2)c1. The third kappa shape index (κ3) is 8.50. The lowest BCUT2D eigenvalue weighted by atomic mass is 10.1. The first kappa shape index (κ1) is 32.3. The topological polar surface area (TPSA) is 125 Å². The summed E-state index contributed by atoms with van der Waals surface area (Å²) in [7, 11) is 0. The van der Waals surface area contributed by atoms with Crippen molar-refractivity contribution in [3.05, 3.63) is 129 Å². The number of hydrogen-bond acceptors (Lipinski definition) is 5. The average Bonchev–Trinajstić information content (AvgIpc) is 2.99. The van der Waals surface area contributed by atoms with Crippen molar-refractivity contribution in [1.29, 1.82) is 0 Å². The molecule has 0 heterocycles. The van der Waals surface area contributed by atoms with E-state index in [1.54, 1.807) is 92.7 Å². The lowest BCUT2D eigenvalue weighted by Crippen LogP contribution is -2.30. The molecule has 4 N–H and O–H groups in total. The fraction of sp³-hybridized carbons (Fsp3) is 0.0909. The smallest absolute Gasteiger partial charge is 0.335 e. The van der Waals surface area contributed by atoms with Crippen LogP contribution in [0.1, 0.15) is 38.8 Å². The van der Waals surface area contributed by atoms with Crippen LogP contribution in [0.5, 0.6) is 0 Å². The summed E-state index contributed by atoms with van der Waals surface area (Å²) in [5, 5.41) is 17.5. The number of amides is 3. The molecule has 8 nitrogen and oxygen atoms in total. The summed E-state index contributed by atoms with van der Waals surface area (Å²) in [5.74, 6) is -2.52. The van der Waals surface area contributed by atoms with Gasteiger partial charge in [0.1, 0.15) is 5.70 Å². The fourth-order valence-electron chi connectivity index (χ4n) is 3.96. The Morgan fingerprint density at radius 2 is 1.50 bits per heavy atom. The molecule has 0 aliphatic carbocycles. The minimum Gasteiger partial charge on any atom is -0.478 e. The van der Waals surface area contributed by atoms with Gasteiger partial charge in [-0.1, -0.05) is 59.6 Å². The van der Waals surface area contributed by atoms with E-state index in [9.17, 15) is 24.3 Å². The average molecular weight is 649 g/mol. The molecule has 0 fully saturated rings. The van der Waals surface area contributed by atoms with Gasteiger partial charge in [0.2, 0.25) is 5.91 Å². The number of nitrogens with one attached hydrogen (secondary N) is 3. The highest BCUT2D eigenvalue weighted by atomic mass is 35.5. The van der Waals surface area contributed by atoms with E-state index < -0.39 is 23.0 Å². The normalized spacial score (nSPS) is 11.8. The van der Waals surface area contributed by atoms with E-state index in [-0.39, 0.29) is 17.2 Å². The molecule has 44 heavy (non-hydrogen) atoms. The number of hydrogen-bond donors (Lipinski definition) is 4. The van der Waals surface area contributed by atoms with Crippen LogP contribution in [-0.4, -0.2) is 34.0 Å². The van der Waals surface area contributed by atoms with E-state index >= 15 is 0 Å². The predicted octanol–water partition coefficient (Wildman–Crippen LogP) is 7.53. The van der Waals surface area contributed by atoms with Crippen molar-refractivity contribution >= 4 is 76.1 Å². The summed E-state index contributed by atoms with van der Waals surface area (Å²) in [6.07, 6.45) is 1.41. The fourth-order valence-corrected chi connectivity index (χ4v) is 5.40. The number of anilines is 2. The van der Waals surface area contributed by atoms with Crippen molar-refractivity contribution in [2.24, 2.45) is 0 Å². The summed E-state index contributed by atoms with van der Waals surface area (Å²) in [6, 6.07) is 24.8. The Kier molecular flexibility index (Phi) is 10.8. The van der Waals surface area contributed by atoms with Crippen LogP contribution in [0.25, 0.3) is 6.08 Å². The second kappa shape index (κ2) is 14.7. The number of rotatable bonds is 10. The van der Waals surface area contributed by atoms with Crippen molar-refractivity contribution < 1.29 is 24.3 Å². The molecule has 4 aromatic rings. The lowest BCUT2D eigenvalue weighted by molar-refractivity contribution is -0.115. The number of aromatic carboxylic acids is 1. The largest absolute Gasteiger partial charge is 0.478 e. The molecule has 3 amide bonds. The zero-order valence-corrected chi connectivity index (χ0v) is 25.9. The van der Waals surface area contributed by atoms with Crippen molar-refractivity contribution in [2.45, 2.75) is 24.0 Å². The number of benzene rings is 4. The van der Waals surface area contributed by atoms with E-state index in [4.69, 9.17) is 23.2 Å². The number of halogens is 2. The molecule has 0 aromatic heterocycles. The maximum atomic E-state index is 13.5. The highest BCUT2D eigenvalue weighted by molar-refractivity contribution is 8.00. The molecule has 0 aliphatic heterocycles. The van der Waals surface area contributed by atoms with Crippen LogP contribution in [0, 0.1) is 6.92 Å². The molecular weight excluding hydrogens is 621 g/mol. The number of thioether (sulfide) groups is 1. The van der Waals surface area contributed by atoms with Crippen LogP contribution in [-0.2, 0) is 9.59 Å². The Morgan fingerprint density at radius 3 is 2.18 bits per heavy atom. The van der Waals surface area contributed by atoms with Gasteiger partial charge in [-0.3, -0.25) is 14.4 Å². The zero-order valence-electron chi connectivity index (χ0n) is 23.6.